The fraction of sp³-hybridized carbons (Fsp3) is 0.222. The van der Waals surface area contributed by atoms with Crippen LogP contribution in [-0.4, -0.2) is 35.0 Å². The first kappa shape index (κ1) is 14.3. The summed E-state index contributed by atoms with van der Waals surface area (Å²) in [6, 6.07) is 13.5. The molecule has 1 aliphatic heterocycles. The average Bonchev–Trinajstić information content (AvgIpc) is 3.03. The second-order valence-electron chi connectivity index (χ2n) is 5.24. The molecule has 0 spiro atoms. The molecule has 1 aliphatic rings. The minimum absolute atomic E-state index is 0.0321. The Morgan fingerprint density at radius 1 is 1.18 bits per heavy atom. The molecule has 1 saturated heterocycles. The Kier molecular flexibility index (Phi) is 4.49. The molecule has 1 fully saturated rings. The van der Waals surface area contributed by atoms with Crippen LogP contribution in [0.1, 0.15) is 12.0 Å². The van der Waals surface area contributed by atoms with Gasteiger partial charge in [0.15, 0.2) is 0 Å². The fourth-order valence-electron chi connectivity index (χ4n) is 2.47. The number of hydrogen-bond acceptors (Lipinski definition) is 3. The predicted octanol–water partition coefficient (Wildman–Crippen LogP) is 2.77. The molecule has 3 rings (SSSR count). The lowest BCUT2D eigenvalue weighted by molar-refractivity contribution is -0.125. The Morgan fingerprint density at radius 2 is 1.95 bits per heavy atom. The van der Waals surface area contributed by atoms with Gasteiger partial charge in [0, 0.05) is 31.4 Å². The number of pyridine rings is 1. The number of nitrogens with zero attached hydrogens (tertiary/aromatic N) is 2. The van der Waals surface area contributed by atoms with Crippen molar-refractivity contribution in [1.29, 1.82) is 0 Å². The standard InChI is InChI=1S/C18H18N2O2/c21-18(7-6-15-4-2-1-3-5-15)20-13-10-17(14-20)22-16-8-11-19-12-9-16/h1-9,11-12,17H,10,13-14H2/b7-6+/t17-/m1/s1. The summed E-state index contributed by atoms with van der Waals surface area (Å²) in [7, 11) is 0. The highest BCUT2D eigenvalue weighted by atomic mass is 16.5. The maximum Gasteiger partial charge on any atom is 0.246 e. The van der Waals surface area contributed by atoms with Crippen LogP contribution >= 0.6 is 0 Å². The molecule has 0 N–H and O–H groups in total. The summed E-state index contributed by atoms with van der Waals surface area (Å²) >= 11 is 0. The Balaban J connectivity index is 1.54. The lowest BCUT2D eigenvalue weighted by atomic mass is 10.2. The van der Waals surface area contributed by atoms with Crippen molar-refractivity contribution in [3.8, 4) is 5.75 Å². The molecule has 0 aliphatic carbocycles. The van der Waals surface area contributed by atoms with Crippen LogP contribution in [0, 0.1) is 0 Å². The summed E-state index contributed by atoms with van der Waals surface area (Å²) in [6.07, 6.45) is 7.79. The third kappa shape index (κ3) is 3.73. The quantitative estimate of drug-likeness (QED) is 0.814. The van der Waals surface area contributed by atoms with E-state index in [9.17, 15) is 4.79 Å². The van der Waals surface area contributed by atoms with E-state index in [1.807, 2.05) is 53.4 Å². The van der Waals surface area contributed by atoms with E-state index in [1.54, 1.807) is 18.5 Å². The van der Waals surface area contributed by atoms with Gasteiger partial charge < -0.3 is 9.64 Å². The summed E-state index contributed by atoms with van der Waals surface area (Å²) in [5.74, 6) is 0.832. The van der Waals surface area contributed by atoms with Gasteiger partial charge >= 0.3 is 0 Å². The van der Waals surface area contributed by atoms with Crippen LogP contribution < -0.4 is 4.74 Å². The summed E-state index contributed by atoms with van der Waals surface area (Å²) < 4.78 is 5.86. The molecule has 0 radical (unpaired) electrons. The lowest BCUT2D eigenvalue weighted by Crippen LogP contribution is -2.29. The van der Waals surface area contributed by atoms with Crippen molar-refractivity contribution in [1.82, 2.24) is 9.88 Å². The Labute approximate surface area is 130 Å². The zero-order chi connectivity index (χ0) is 15.2. The van der Waals surface area contributed by atoms with Crippen LogP contribution in [0.25, 0.3) is 6.08 Å². The van der Waals surface area contributed by atoms with E-state index in [2.05, 4.69) is 4.98 Å². The highest BCUT2D eigenvalue weighted by molar-refractivity contribution is 5.92. The highest BCUT2D eigenvalue weighted by Gasteiger charge is 2.26. The van der Waals surface area contributed by atoms with E-state index in [-0.39, 0.29) is 12.0 Å². The Hall–Kier alpha value is -2.62. The third-order valence-electron chi connectivity index (χ3n) is 3.63. The van der Waals surface area contributed by atoms with Crippen molar-refractivity contribution >= 4 is 12.0 Å². The van der Waals surface area contributed by atoms with Gasteiger partial charge in [0.2, 0.25) is 5.91 Å². The van der Waals surface area contributed by atoms with Gasteiger partial charge in [-0.3, -0.25) is 9.78 Å². The molecule has 0 unspecified atom stereocenters. The lowest BCUT2D eigenvalue weighted by Gasteiger charge is -2.15. The second kappa shape index (κ2) is 6.89. The Morgan fingerprint density at radius 3 is 2.73 bits per heavy atom. The molecule has 1 aromatic carbocycles. The molecule has 2 heterocycles. The van der Waals surface area contributed by atoms with Crippen LogP contribution in [0.2, 0.25) is 0 Å². The number of carbonyl (C=O) groups excluding carboxylic acids is 1. The number of amides is 1. The van der Waals surface area contributed by atoms with Gasteiger partial charge in [-0.2, -0.15) is 0 Å². The van der Waals surface area contributed by atoms with Gasteiger partial charge in [0.25, 0.3) is 0 Å². The number of likely N-dealkylation sites (tertiary alicyclic amines) is 1. The molecule has 4 heteroatoms. The van der Waals surface area contributed by atoms with Gasteiger partial charge in [0.05, 0.1) is 6.54 Å². The van der Waals surface area contributed by atoms with Gasteiger partial charge in [-0.15, -0.1) is 0 Å². The number of hydrogen-bond donors (Lipinski definition) is 0. The third-order valence-corrected chi connectivity index (χ3v) is 3.63. The van der Waals surface area contributed by atoms with Crippen molar-refractivity contribution in [3.63, 3.8) is 0 Å². The summed E-state index contributed by atoms with van der Waals surface area (Å²) in [5.41, 5.74) is 1.03. The van der Waals surface area contributed by atoms with E-state index in [0.717, 1.165) is 24.3 Å². The molecule has 112 valence electrons. The molecule has 1 amide bonds. The minimum atomic E-state index is 0.0321. The van der Waals surface area contributed by atoms with Crippen molar-refractivity contribution in [2.45, 2.75) is 12.5 Å². The summed E-state index contributed by atoms with van der Waals surface area (Å²) in [6.45, 7) is 1.36. The zero-order valence-electron chi connectivity index (χ0n) is 12.3. The molecule has 1 atom stereocenters. The van der Waals surface area contributed by atoms with Crippen molar-refractivity contribution in [2.75, 3.05) is 13.1 Å². The van der Waals surface area contributed by atoms with Gasteiger partial charge in [-0.25, -0.2) is 0 Å². The van der Waals surface area contributed by atoms with E-state index in [1.165, 1.54) is 0 Å². The van der Waals surface area contributed by atoms with Crippen LogP contribution in [0.3, 0.4) is 0 Å². The van der Waals surface area contributed by atoms with Crippen LogP contribution in [0.15, 0.2) is 60.9 Å². The smallest absolute Gasteiger partial charge is 0.246 e. The molecule has 0 bridgehead atoms. The summed E-state index contributed by atoms with van der Waals surface area (Å²) in [4.78, 5) is 18.0. The van der Waals surface area contributed by atoms with Crippen LogP contribution in [-0.2, 0) is 4.79 Å². The molecule has 22 heavy (non-hydrogen) atoms. The SMILES string of the molecule is O=C(/C=C/c1ccccc1)N1CC[C@@H](Oc2ccncc2)C1. The predicted molar refractivity (Wildman–Crippen MR) is 85.3 cm³/mol. The van der Waals surface area contributed by atoms with Crippen molar-refractivity contribution in [3.05, 3.63) is 66.5 Å². The van der Waals surface area contributed by atoms with Gasteiger partial charge in [0.1, 0.15) is 11.9 Å². The van der Waals surface area contributed by atoms with Gasteiger partial charge in [-0.05, 0) is 23.8 Å². The Bertz CT molecular complexity index is 641. The van der Waals surface area contributed by atoms with Crippen molar-refractivity contribution in [2.24, 2.45) is 0 Å². The molecule has 4 nitrogen and oxygen atoms in total. The molecule has 2 aromatic rings. The number of ether oxygens (including phenoxy) is 1. The average molecular weight is 294 g/mol. The largest absolute Gasteiger partial charge is 0.488 e. The molecular formula is C18H18N2O2. The van der Waals surface area contributed by atoms with Crippen molar-refractivity contribution < 1.29 is 9.53 Å². The zero-order valence-corrected chi connectivity index (χ0v) is 12.3. The second-order valence-corrected chi connectivity index (χ2v) is 5.24. The number of carbonyl (C=O) groups is 1. The minimum Gasteiger partial charge on any atom is -0.488 e. The molecular weight excluding hydrogens is 276 g/mol. The maximum absolute atomic E-state index is 12.2. The first-order valence-corrected chi connectivity index (χ1v) is 7.40. The van der Waals surface area contributed by atoms with E-state index < -0.39 is 0 Å². The topological polar surface area (TPSA) is 42.4 Å². The number of rotatable bonds is 4. The first-order valence-electron chi connectivity index (χ1n) is 7.40. The molecule has 0 saturated carbocycles. The van der Waals surface area contributed by atoms with Gasteiger partial charge in [-0.1, -0.05) is 30.3 Å². The fourth-order valence-corrected chi connectivity index (χ4v) is 2.47. The summed E-state index contributed by atoms with van der Waals surface area (Å²) in [5, 5.41) is 0. The number of benzene rings is 1. The van der Waals surface area contributed by atoms with Crippen LogP contribution in [0.5, 0.6) is 5.75 Å². The first-order chi connectivity index (χ1) is 10.8. The van der Waals surface area contributed by atoms with E-state index in [4.69, 9.17) is 4.74 Å². The van der Waals surface area contributed by atoms with E-state index >= 15 is 0 Å². The van der Waals surface area contributed by atoms with Crippen LogP contribution in [0.4, 0.5) is 0 Å². The van der Waals surface area contributed by atoms with E-state index in [0.29, 0.717) is 6.54 Å². The number of aromatic nitrogens is 1. The maximum atomic E-state index is 12.2. The highest BCUT2D eigenvalue weighted by Crippen LogP contribution is 2.18. The normalized spacial score (nSPS) is 17.8. The monoisotopic (exact) mass is 294 g/mol. The molecule has 1 aromatic heterocycles.